The third-order valence-corrected chi connectivity index (χ3v) is 3.75. The lowest BCUT2D eigenvalue weighted by Gasteiger charge is -2.28. The number of hydrogen-bond donors (Lipinski definition) is 1. The Morgan fingerprint density at radius 3 is 2.40 bits per heavy atom. The number of morpholine rings is 1. The van der Waals surface area contributed by atoms with Gasteiger partial charge in [-0.2, -0.15) is 18.3 Å². The molecule has 25 heavy (non-hydrogen) atoms. The van der Waals surface area contributed by atoms with Crippen molar-refractivity contribution in [3.8, 4) is 0 Å². The van der Waals surface area contributed by atoms with Crippen molar-refractivity contribution in [2.75, 3.05) is 36.6 Å². The first-order valence-electron chi connectivity index (χ1n) is 7.77. The maximum absolute atomic E-state index is 12.5. The van der Waals surface area contributed by atoms with Crippen molar-refractivity contribution < 1.29 is 17.9 Å². The van der Waals surface area contributed by atoms with E-state index in [1.54, 1.807) is 6.21 Å². The van der Waals surface area contributed by atoms with Crippen LogP contribution >= 0.6 is 0 Å². The van der Waals surface area contributed by atoms with Gasteiger partial charge in [-0.15, -0.1) is 0 Å². The van der Waals surface area contributed by atoms with Gasteiger partial charge in [-0.3, -0.25) is 5.43 Å². The molecule has 1 aromatic heterocycles. The molecule has 0 radical (unpaired) electrons. The fraction of sp³-hybridized carbons (Fsp3) is 0.294. The molecule has 0 bridgehead atoms. The van der Waals surface area contributed by atoms with Gasteiger partial charge in [0.25, 0.3) is 0 Å². The molecule has 2 aromatic rings. The molecule has 0 saturated carbocycles. The molecule has 5 nitrogen and oxygen atoms in total. The summed E-state index contributed by atoms with van der Waals surface area (Å²) in [6.45, 7) is 3.20. The fourth-order valence-corrected chi connectivity index (χ4v) is 2.39. The van der Waals surface area contributed by atoms with Gasteiger partial charge in [-0.25, -0.2) is 4.98 Å². The van der Waals surface area contributed by atoms with Crippen LogP contribution in [0.5, 0.6) is 0 Å². The zero-order valence-corrected chi connectivity index (χ0v) is 13.3. The lowest BCUT2D eigenvalue weighted by atomic mass is 10.2. The summed E-state index contributed by atoms with van der Waals surface area (Å²) >= 11 is 0. The lowest BCUT2D eigenvalue weighted by molar-refractivity contribution is -0.137. The molecule has 3 rings (SSSR count). The normalized spacial score (nSPS) is 15.6. The summed E-state index contributed by atoms with van der Waals surface area (Å²) in [7, 11) is 0. The van der Waals surface area contributed by atoms with Crippen molar-refractivity contribution in [1.82, 2.24) is 4.98 Å². The first-order chi connectivity index (χ1) is 12.0. The number of anilines is 2. The third-order valence-electron chi connectivity index (χ3n) is 3.75. The van der Waals surface area contributed by atoms with Crippen molar-refractivity contribution in [1.29, 1.82) is 0 Å². The second-order valence-corrected chi connectivity index (χ2v) is 5.49. The molecular formula is C17H17F3N4O. The smallest absolute Gasteiger partial charge is 0.378 e. The number of benzene rings is 1. The van der Waals surface area contributed by atoms with E-state index >= 15 is 0 Å². The van der Waals surface area contributed by atoms with E-state index in [1.807, 2.05) is 24.3 Å². The van der Waals surface area contributed by atoms with Gasteiger partial charge in [0, 0.05) is 25.0 Å². The number of nitrogens with one attached hydrogen (secondary N) is 1. The minimum absolute atomic E-state index is 0.245. The highest BCUT2D eigenvalue weighted by Crippen LogP contribution is 2.28. The molecule has 0 amide bonds. The Labute approximate surface area is 143 Å². The summed E-state index contributed by atoms with van der Waals surface area (Å²) in [5.74, 6) is 0.245. The second-order valence-electron chi connectivity index (χ2n) is 5.49. The van der Waals surface area contributed by atoms with Crippen LogP contribution in [0.4, 0.5) is 24.7 Å². The minimum Gasteiger partial charge on any atom is -0.378 e. The number of nitrogens with zero attached hydrogens (tertiary/aromatic N) is 3. The molecule has 0 unspecified atom stereocenters. The number of hydrazone groups is 1. The van der Waals surface area contributed by atoms with Gasteiger partial charge in [0.15, 0.2) is 0 Å². The largest absolute Gasteiger partial charge is 0.417 e. The molecule has 132 valence electrons. The van der Waals surface area contributed by atoms with E-state index in [0.29, 0.717) is 0 Å². The average molecular weight is 350 g/mol. The molecule has 0 aliphatic carbocycles. The van der Waals surface area contributed by atoms with E-state index in [2.05, 4.69) is 20.4 Å². The van der Waals surface area contributed by atoms with Crippen LogP contribution < -0.4 is 10.3 Å². The van der Waals surface area contributed by atoms with Gasteiger partial charge in [0.2, 0.25) is 0 Å². The number of alkyl halides is 3. The first kappa shape index (κ1) is 17.2. The van der Waals surface area contributed by atoms with Crippen LogP contribution in [0.1, 0.15) is 11.1 Å². The molecule has 1 fully saturated rings. The molecule has 1 aromatic carbocycles. The monoisotopic (exact) mass is 350 g/mol. The number of hydrogen-bond acceptors (Lipinski definition) is 5. The highest BCUT2D eigenvalue weighted by molar-refractivity contribution is 5.80. The van der Waals surface area contributed by atoms with E-state index in [0.717, 1.165) is 49.8 Å². The molecule has 8 heteroatoms. The standard InChI is InChI=1S/C17H17F3N4O/c18-17(19,20)14-3-6-16(21-12-14)23-22-11-13-1-4-15(5-2-13)24-7-9-25-10-8-24/h1-6,11-12H,7-10H2,(H,21,23)/b22-11-. The van der Waals surface area contributed by atoms with Gasteiger partial charge in [0.1, 0.15) is 5.82 Å². The van der Waals surface area contributed by atoms with Crippen molar-refractivity contribution in [2.24, 2.45) is 5.10 Å². The molecule has 2 heterocycles. The molecule has 0 spiro atoms. The summed E-state index contributed by atoms with van der Waals surface area (Å²) in [5.41, 5.74) is 3.82. The fourth-order valence-electron chi connectivity index (χ4n) is 2.39. The van der Waals surface area contributed by atoms with Crippen LogP contribution in [0.15, 0.2) is 47.7 Å². The van der Waals surface area contributed by atoms with Crippen LogP contribution in [0.3, 0.4) is 0 Å². The van der Waals surface area contributed by atoms with Crippen molar-refractivity contribution >= 4 is 17.7 Å². The Balaban J connectivity index is 1.57. The van der Waals surface area contributed by atoms with E-state index in [4.69, 9.17) is 4.74 Å². The van der Waals surface area contributed by atoms with Gasteiger partial charge in [-0.1, -0.05) is 12.1 Å². The zero-order chi connectivity index (χ0) is 17.7. The van der Waals surface area contributed by atoms with Crippen LogP contribution in [-0.2, 0) is 10.9 Å². The van der Waals surface area contributed by atoms with Crippen LogP contribution in [0, 0.1) is 0 Å². The molecule has 1 aliphatic rings. The highest BCUT2D eigenvalue weighted by Gasteiger charge is 2.30. The Kier molecular flexibility index (Phi) is 5.18. The average Bonchev–Trinajstić information content (AvgIpc) is 2.63. The summed E-state index contributed by atoms with van der Waals surface area (Å²) in [6, 6.07) is 10.1. The Morgan fingerprint density at radius 1 is 1.08 bits per heavy atom. The predicted octanol–water partition coefficient (Wildman–Crippen LogP) is 3.38. The van der Waals surface area contributed by atoms with E-state index in [-0.39, 0.29) is 5.82 Å². The first-order valence-corrected chi connectivity index (χ1v) is 7.77. The molecule has 1 N–H and O–H groups in total. The number of rotatable bonds is 4. The van der Waals surface area contributed by atoms with E-state index < -0.39 is 11.7 Å². The van der Waals surface area contributed by atoms with Crippen molar-refractivity contribution in [3.63, 3.8) is 0 Å². The van der Waals surface area contributed by atoms with Crippen LogP contribution in [-0.4, -0.2) is 37.5 Å². The summed E-state index contributed by atoms with van der Waals surface area (Å²) < 4.78 is 42.7. The number of halogens is 3. The van der Waals surface area contributed by atoms with Gasteiger partial charge in [0.05, 0.1) is 25.0 Å². The molecule has 1 aliphatic heterocycles. The van der Waals surface area contributed by atoms with Gasteiger partial charge < -0.3 is 9.64 Å². The Bertz CT molecular complexity index is 708. The Hall–Kier alpha value is -2.61. The minimum atomic E-state index is -4.39. The van der Waals surface area contributed by atoms with Crippen molar-refractivity contribution in [3.05, 3.63) is 53.7 Å². The van der Waals surface area contributed by atoms with Crippen LogP contribution in [0.25, 0.3) is 0 Å². The Morgan fingerprint density at radius 2 is 1.80 bits per heavy atom. The van der Waals surface area contributed by atoms with Crippen LogP contribution in [0.2, 0.25) is 0 Å². The molecule has 1 saturated heterocycles. The number of pyridine rings is 1. The maximum atomic E-state index is 12.5. The second kappa shape index (κ2) is 7.52. The zero-order valence-electron chi connectivity index (χ0n) is 13.3. The van der Waals surface area contributed by atoms with Crippen molar-refractivity contribution in [2.45, 2.75) is 6.18 Å². The topological polar surface area (TPSA) is 49.8 Å². The number of aromatic nitrogens is 1. The summed E-state index contributed by atoms with van der Waals surface area (Å²) in [5, 5.41) is 3.99. The highest BCUT2D eigenvalue weighted by atomic mass is 19.4. The lowest BCUT2D eigenvalue weighted by Crippen LogP contribution is -2.36. The quantitative estimate of drug-likeness (QED) is 0.678. The maximum Gasteiger partial charge on any atom is 0.417 e. The third kappa shape index (κ3) is 4.69. The van der Waals surface area contributed by atoms with E-state index in [9.17, 15) is 13.2 Å². The molecule has 0 atom stereocenters. The SMILES string of the molecule is FC(F)(F)c1ccc(N/N=C\c2ccc(N3CCOCC3)cc2)nc1. The van der Waals surface area contributed by atoms with Gasteiger partial charge >= 0.3 is 6.18 Å². The van der Waals surface area contributed by atoms with E-state index in [1.165, 1.54) is 6.07 Å². The predicted molar refractivity (Wildman–Crippen MR) is 89.9 cm³/mol. The number of ether oxygens (including phenoxy) is 1. The summed E-state index contributed by atoms with van der Waals surface area (Å²) in [4.78, 5) is 5.93. The molecular weight excluding hydrogens is 333 g/mol. The van der Waals surface area contributed by atoms with Gasteiger partial charge in [-0.05, 0) is 29.8 Å². The summed E-state index contributed by atoms with van der Waals surface area (Å²) in [6.07, 6.45) is -2.03.